The molecule has 2 heterocycles. The molecule has 0 bridgehead atoms. The lowest BCUT2D eigenvalue weighted by Gasteiger charge is -2.31. The highest BCUT2D eigenvalue weighted by Crippen LogP contribution is 2.27. The van der Waals surface area contributed by atoms with Gasteiger partial charge in [-0.25, -0.2) is 4.39 Å². The summed E-state index contributed by atoms with van der Waals surface area (Å²) in [6, 6.07) is 7.71. The zero-order chi connectivity index (χ0) is 17.8. The van der Waals surface area contributed by atoms with Gasteiger partial charge in [-0.1, -0.05) is 19.1 Å². The Hall–Kier alpha value is -2.70. The van der Waals surface area contributed by atoms with E-state index in [0.29, 0.717) is 19.5 Å². The highest BCUT2D eigenvalue weighted by Gasteiger charge is 2.25. The Bertz CT molecular complexity index is 766. The maximum atomic E-state index is 13.6. The maximum absolute atomic E-state index is 13.6. The molecule has 1 aliphatic heterocycles. The van der Waals surface area contributed by atoms with Gasteiger partial charge < -0.3 is 10.2 Å². The maximum Gasteiger partial charge on any atom is 0.276 e. The van der Waals surface area contributed by atoms with E-state index >= 15 is 0 Å². The van der Waals surface area contributed by atoms with E-state index in [1.807, 2.05) is 11.8 Å². The Labute approximate surface area is 145 Å². The minimum Gasteiger partial charge on any atom is -0.343 e. The van der Waals surface area contributed by atoms with Crippen LogP contribution in [-0.4, -0.2) is 40.0 Å². The molecule has 0 radical (unpaired) electrons. The molecule has 0 saturated carbocycles. The van der Waals surface area contributed by atoms with Gasteiger partial charge in [-0.2, -0.15) is 5.10 Å². The summed E-state index contributed by atoms with van der Waals surface area (Å²) in [7, 11) is 0. The summed E-state index contributed by atoms with van der Waals surface area (Å²) in [4.78, 5) is 25.8. The monoisotopic (exact) mass is 344 g/mol. The molecule has 6 nitrogen and oxygen atoms in total. The molecule has 0 aliphatic carbocycles. The van der Waals surface area contributed by atoms with Crippen LogP contribution < -0.4 is 5.32 Å². The molecular weight excluding hydrogens is 323 g/mol. The molecule has 1 aromatic heterocycles. The van der Waals surface area contributed by atoms with Crippen LogP contribution in [0.3, 0.4) is 0 Å². The number of aromatic amines is 1. The summed E-state index contributed by atoms with van der Waals surface area (Å²) in [6.07, 6.45) is 2.19. The van der Waals surface area contributed by atoms with Gasteiger partial charge in [0.1, 0.15) is 5.82 Å². The van der Waals surface area contributed by atoms with E-state index in [-0.39, 0.29) is 23.2 Å². The Kier molecular flexibility index (Phi) is 5.11. The van der Waals surface area contributed by atoms with Crippen molar-refractivity contribution in [2.24, 2.45) is 0 Å². The number of nitrogens with zero attached hydrogens (tertiary/aromatic N) is 2. The molecule has 1 aromatic carbocycles. The third-order valence-corrected chi connectivity index (χ3v) is 4.54. The van der Waals surface area contributed by atoms with Gasteiger partial charge in [0, 0.05) is 31.1 Å². The average Bonchev–Trinajstić information content (AvgIpc) is 3.13. The van der Waals surface area contributed by atoms with Crippen LogP contribution in [-0.2, 0) is 4.79 Å². The summed E-state index contributed by atoms with van der Waals surface area (Å²) >= 11 is 0. The number of hydrogen-bond donors (Lipinski definition) is 2. The van der Waals surface area contributed by atoms with Crippen LogP contribution in [0.2, 0.25) is 0 Å². The van der Waals surface area contributed by atoms with Gasteiger partial charge in [0.25, 0.3) is 5.91 Å². The van der Waals surface area contributed by atoms with Crippen LogP contribution >= 0.6 is 0 Å². The summed E-state index contributed by atoms with van der Waals surface area (Å²) < 4.78 is 13.6. The van der Waals surface area contributed by atoms with Crippen molar-refractivity contribution < 1.29 is 14.0 Å². The van der Waals surface area contributed by atoms with Gasteiger partial charge in [0.2, 0.25) is 5.91 Å². The molecule has 1 saturated heterocycles. The second kappa shape index (κ2) is 7.46. The number of carbonyl (C=O) groups excluding carboxylic acids is 2. The van der Waals surface area contributed by atoms with E-state index in [2.05, 4.69) is 15.5 Å². The number of para-hydroxylation sites is 1. The van der Waals surface area contributed by atoms with Gasteiger partial charge in [-0.3, -0.25) is 14.7 Å². The fourth-order valence-electron chi connectivity index (χ4n) is 3.07. The number of carbonyl (C=O) groups is 2. The zero-order valence-corrected chi connectivity index (χ0v) is 14.1. The quantitative estimate of drug-likeness (QED) is 0.895. The summed E-state index contributed by atoms with van der Waals surface area (Å²) in [5.74, 6) is -0.526. The Balaban J connectivity index is 1.62. The van der Waals surface area contributed by atoms with Crippen LogP contribution in [0, 0.1) is 5.82 Å². The third kappa shape index (κ3) is 3.87. The Morgan fingerprint density at radius 3 is 2.72 bits per heavy atom. The number of nitrogens with one attached hydrogen (secondary N) is 2. The number of amides is 2. The predicted molar refractivity (Wildman–Crippen MR) is 91.8 cm³/mol. The van der Waals surface area contributed by atoms with Gasteiger partial charge in [0.15, 0.2) is 5.69 Å². The second-order valence-corrected chi connectivity index (χ2v) is 6.15. The number of halogens is 1. The number of piperidine rings is 1. The first-order valence-electron chi connectivity index (χ1n) is 8.47. The van der Waals surface area contributed by atoms with Crippen molar-refractivity contribution in [1.82, 2.24) is 15.1 Å². The molecule has 2 amide bonds. The number of hydrogen-bond acceptors (Lipinski definition) is 3. The van der Waals surface area contributed by atoms with Crippen molar-refractivity contribution in [2.45, 2.75) is 32.1 Å². The summed E-state index contributed by atoms with van der Waals surface area (Å²) in [5.41, 5.74) is 1.23. The highest BCUT2D eigenvalue weighted by atomic mass is 19.1. The molecule has 3 rings (SSSR count). The molecule has 2 N–H and O–H groups in total. The number of H-pyrrole nitrogens is 1. The van der Waals surface area contributed by atoms with Crippen LogP contribution in [0.1, 0.15) is 48.3 Å². The Morgan fingerprint density at radius 2 is 2.04 bits per heavy atom. The van der Waals surface area contributed by atoms with Crippen LogP contribution in [0.4, 0.5) is 10.1 Å². The standard InChI is InChI=1S/C18H21FN4O2/c1-2-17(24)23-9-7-12(8-10-23)15-11-16(22-21-15)18(25)20-14-6-4-3-5-13(14)19/h3-6,11-12H,2,7-10H2,1H3,(H,20,25)(H,21,22). The SMILES string of the molecule is CCC(=O)N1CCC(c2cc(C(=O)Nc3ccccc3F)n[nH]2)CC1. The first kappa shape index (κ1) is 17.1. The minimum atomic E-state index is -0.487. The lowest BCUT2D eigenvalue weighted by atomic mass is 9.93. The summed E-state index contributed by atoms with van der Waals surface area (Å²) in [5, 5.41) is 9.48. The number of rotatable bonds is 4. The molecule has 1 fully saturated rings. The molecule has 0 spiro atoms. The van der Waals surface area contributed by atoms with E-state index in [0.717, 1.165) is 18.5 Å². The zero-order valence-electron chi connectivity index (χ0n) is 14.1. The molecule has 132 valence electrons. The molecule has 1 aliphatic rings. The second-order valence-electron chi connectivity index (χ2n) is 6.15. The molecule has 2 aromatic rings. The molecular formula is C18H21FN4O2. The largest absolute Gasteiger partial charge is 0.343 e. The summed E-state index contributed by atoms with van der Waals surface area (Å²) in [6.45, 7) is 3.30. The van der Waals surface area contributed by atoms with Crippen molar-refractivity contribution in [1.29, 1.82) is 0 Å². The van der Waals surface area contributed by atoms with Gasteiger partial charge in [-0.05, 0) is 31.0 Å². The van der Waals surface area contributed by atoms with Crippen molar-refractivity contribution in [3.05, 3.63) is 47.5 Å². The molecule has 0 atom stereocenters. The topological polar surface area (TPSA) is 78.1 Å². The lowest BCUT2D eigenvalue weighted by Crippen LogP contribution is -2.37. The smallest absolute Gasteiger partial charge is 0.276 e. The van der Waals surface area contributed by atoms with Gasteiger partial charge in [0.05, 0.1) is 5.69 Å². The predicted octanol–water partition coefficient (Wildman–Crippen LogP) is 2.92. The Morgan fingerprint density at radius 1 is 1.32 bits per heavy atom. The van der Waals surface area contributed by atoms with E-state index in [4.69, 9.17) is 0 Å². The minimum absolute atomic E-state index is 0.128. The third-order valence-electron chi connectivity index (χ3n) is 4.54. The number of likely N-dealkylation sites (tertiary alicyclic amines) is 1. The first-order chi connectivity index (χ1) is 12.1. The van der Waals surface area contributed by atoms with Crippen LogP contribution in [0.25, 0.3) is 0 Å². The van der Waals surface area contributed by atoms with Crippen LogP contribution in [0.15, 0.2) is 30.3 Å². The number of benzene rings is 1. The van der Waals surface area contributed by atoms with Crippen molar-refractivity contribution in [2.75, 3.05) is 18.4 Å². The van der Waals surface area contributed by atoms with Crippen LogP contribution in [0.5, 0.6) is 0 Å². The fourth-order valence-corrected chi connectivity index (χ4v) is 3.07. The lowest BCUT2D eigenvalue weighted by molar-refractivity contribution is -0.131. The van der Waals surface area contributed by atoms with E-state index in [1.165, 1.54) is 12.1 Å². The molecule has 25 heavy (non-hydrogen) atoms. The number of aromatic nitrogens is 2. The molecule has 0 unspecified atom stereocenters. The average molecular weight is 344 g/mol. The first-order valence-corrected chi connectivity index (χ1v) is 8.47. The van der Waals surface area contributed by atoms with Gasteiger partial charge >= 0.3 is 0 Å². The molecule has 7 heteroatoms. The normalized spacial score (nSPS) is 15.2. The fraction of sp³-hybridized carbons (Fsp3) is 0.389. The van der Waals surface area contributed by atoms with Gasteiger partial charge in [-0.15, -0.1) is 0 Å². The highest BCUT2D eigenvalue weighted by molar-refractivity contribution is 6.02. The van der Waals surface area contributed by atoms with Crippen molar-refractivity contribution in [3.8, 4) is 0 Å². The van der Waals surface area contributed by atoms with E-state index < -0.39 is 11.7 Å². The number of anilines is 1. The van der Waals surface area contributed by atoms with Crippen molar-refractivity contribution in [3.63, 3.8) is 0 Å². The van der Waals surface area contributed by atoms with E-state index in [1.54, 1.807) is 18.2 Å². The van der Waals surface area contributed by atoms with E-state index in [9.17, 15) is 14.0 Å². The van der Waals surface area contributed by atoms with Crippen molar-refractivity contribution >= 4 is 17.5 Å².